The second-order valence-corrected chi connectivity index (χ2v) is 4.87. The molecule has 3 nitrogen and oxygen atoms in total. The van der Waals surface area contributed by atoms with Crippen LogP contribution in [0.5, 0.6) is 0 Å². The van der Waals surface area contributed by atoms with Gasteiger partial charge in [0.25, 0.3) is 0 Å². The largest absolute Gasteiger partial charge is 0.354 e. The fraction of sp³-hybridized carbons (Fsp3) is 0.200. The predicted molar refractivity (Wildman–Crippen MR) is 53.9 cm³/mol. The van der Waals surface area contributed by atoms with E-state index in [1.54, 1.807) is 6.08 Å². The van der Waals surface area contributed by atoms with Crippen LogP contribution in [0.2, 0.25) is 0 Å². The van der Waals surface area contributed by atoms with E-state index in [1.807, 2.05) is 30.3 Å². The SMILES string of the molecule is O=P1(OCc2ccccc2)C=CCO1. The summed E-state index contributed by atoms with van der Waals surface area (Å²) < 4.78 is 21.9. The zero-order valence-electron chi connectivity index (χ0n) is 7.63. The molecule has 0 N–H and O–H groups in total. The van der Waals surface area contributed by atoms with Gasteiger partial charge in [-0.2, -0.15) is 0 Å². The Hall–Kier alpha value is -0.890. The van der Waals surface area contributed by atoms with E-state index in [4.69, 9.17) is 9.05 Å². The standard InChI is InChI=1S/C10H11O3P/c11-14(8-4-7-12-14)13-9-10-5-2-1-3-6-10/h1-6,8H,7,9H2. The van der Waals surface area contributed by atoms with E-state index >= 15 is 0 Å². The van der Waals surface area contributed by atoms with Gasteiger partial charge in [-0.15, -0.1) is 0 Å². The van der Waals surface area contributed by atoms with Crippen molar-refractivity contribution < 1.29 is 13.6 Å². The molecule has 1 unspecified atom stereocenters. The molecule has 1 aliphatic rings. The maximum absolute atomic E-state index is 11.7. The summed E-state index contributed by atoms with van der Waals surface area (Å²) in [6, 6.07) is 9.61. The summed E-state index contributed by atoms with van der Waals surface area (Å²) in [5.41, 5.74) is 0.992. The summed E-state index contributed by atoms with van der Waals surface area (Å²) in [5, 5.41) is 0. The van der Waals surface area contributed by atoms with Crippen LogP contribution in [0.4, 0.5) is 0 Å². The molecule has 1 atom stereocenters. The van der Waals surface area contributed by atoms with Gasteiger partial charge in [0.1, 0.15) is 0 Å². The Balaban J connectivity index is 1.95. The Morgan fingerprint density at radius 3 is 2.79 bits per heavy atom. The van der Waals surface area contributed by atoms with Crippen LogP contribution >= 0.6 is 7.60 Å². The Labute approximate surface area is 82.9 Å². The number of hydrogen-bond donors (Lipinski definition) is 0. The van der Waals surface area contributed by atoms with Crippen molar-refractivity contribution in [3.05, 3.63) is 47.8 Å². The molecule has 0 bridgehead atoms. The first-order chi connectivity index (χ1) is 6.79. The summed E-state index contributed by atoms with van der Waals surface area (Å²) in [7, 11) is -2.92. The van der Waals surface area contributed by atoms with Gasteiger partial charge in [0.2, 0.25) is 0 Å². The highest BCUT2D eigenvalue weighted by Gasteiger charge is 2.24. The molecule has 0 aromatic heterocycles. The average molecular weight is 210 g/mol. The van der Waals surface area contributed by atoms with Crippen LogP contribution in [0.3, 0.4) is 0 Å². The highest BCUT2D eigenvalue weighted by Crippen LogP contribution is 2.53. The smallest absolute Gasteiger partial charge is 0.301 e. The lowest BCUT2D eigenvalue weighted by Crippen LogP contribution is -1.90. The molecule has 0 aliphatic carbocycles. The minimum Gasteiger partial charge on any atom is -0.301 e. The third-order valence-corrected chi connectivity index (χ3v) is 3.47. The molecule has 1 aliphatic heterocycles. The lowest BCUT2D eigenvalue weighted by Gasteiger charge is -2.09. The Morgan fingerprint density at radius 2 is 2.14 bits per heavy atom. The summed E-state index contributed by atoms with van der Waals surface area (Å²) in [4.78, 5) is 0. The minimum absolute atomic E-state index is 0.322. The number of benzene rings is 1. The van der Waals surface area contributed by atoms with Gasteiger partial charge in [0.15, 0.2) is 0 Å². The fourth-order valence-electron chi connectivity index (χ4n) is 1.18. The summed E-state index contributed by atoms with van der Waals surface area (Å²) in [5.74, 6) is 1.51. The van der Waals surface area contributed by atoms with Crippen molar-refractivity contribution in [1.29, 1.82) is 0 Å². The summed E-state index contributed by atoms with van der Waals surface area (Å²) in [6.07, 6.45) is 1.71. The number of hydrogen-bond acceptors (Lipinski definition) is 3. The van der Waals surface area contributed by atoms with Gasteiger partial charge in [-0.25, -0.2) is 0 Å². The molecular weight excluding hydrogens is 199 g/mol. The topological polar surface area (TPSA) is 35.5 Å². The molecule has 0 saturated carbocycles. The van der Waals surface area contributed by atoms with Crippen molar-refractivity contribution in [1.82, 2.24) is 0 Å². The van der Waals surface area contributed by atoms with E-state index in [-0.39, 0.29) is 0 Å². The molecular formula is C10H11O3P. The zero-order chi connectivity index (χ0) is 9.86. The van der Waals surface area contributed by atoms with Crippen molar-refractivity contribution in [3.8, 4) is 0 Å². The van der Waals surface area contributed by atoms with Crippen LogP contribution in [0.25, 0.3) is 0 Å². The molecule has 1 aromatic carbocycles. The molecule has 1 heterocycles. The summed E-state index contributed by atoms with van der Waals surface area (Å²) >= 11 is 0. The quantitative estimate of drug-likeness (QED) is 0.719. The van der Waals surface area contributed by atoms with Crippen molar-refractivity contribution in [2.24, 2.45) is 0 Å². The first-order valence-electron chi connectivity index (χ1n) is 4.39. The van der Waals surface area contributed by atoms with Crippen LogP contribution in [-0.2, 0) is 20.2 Å². The van der Waals surface area contributed by atoms with Gasteiger partial charge in [-0.1, -0.05) is 36.4 Å². The fourth-order valence-corrected chi connectivity index (χ4v) is 2.39. The average Bonchev–Trinajstić information content (AvgIpc) is 2.65. The highest BCUT2D eigenvalue weighted by atomic mass is 31.2. The van der Waals surface area contributed by atoms with Crippen LogP contribution in [0, 0.1) is 0 Å². The Bertz CT molecular complexity index is 372. The first kappa shape index (κ1) is 9.66. The van der Waals surface area contributed by atoms with Crippen molar-refractivity contribution >= 4 is 7.60 Å². The number of rotatable bonds is 3. The second-order valence-electron chi connectivity index (χ2n) is 2.98. The lowest BCUT2D eigenvalue weighted by molar-refractivity contribution is 0.227. The first-order valence-corrected chi connectivity index (χ1v) is 6.00. The second kappa shape index (κ2) is 4.09. The normalized spacial score (nSPS) is 25.4. The van der Waals surface area contributed by atoms with Gasteiger partial charge in [0, 0.05) is 5.82 Å². The molecule has 0 saturated heterocycles. The maximum Gasteiger partial charge on any atom is 0.354 e. The van der Waals surface area contributed by atoms with Gasteiger partial charge >= 0.3 is 7.60 Å². The van der Waals surface area contributed by atoms with Crippen molar-refractivity contribution in [3.63, 3.8) is 0 Å². The van der Waals surface area contributed by atoms with Crippen molar-refractivity contribution in [2.45, 2.75) is 6.61 Å². The molecule has 74 valence electrons. The highest BCUT2D eigenvalue weighted by molar-refractivity contribution is 7.57. The predicted octanol–water partition coefficient (Wildman–Crippen LogP) is 2.94. The van der Waals surface area contributed by atoms with Gasteiger partial charge in [-0.05, 0) is 5.56 Å². The molecule has 0 fully saturated rings. The van der Waals surface area contributed by atoms with E-state index in [2.05, 4.69) is 0 Å². The third kappa shape index (κ3) is 2.32. The van der Waals surface area contributed by atoms with E-state index in [0.29, 0.717) is 13.2 Å². The van der Waals surface area contributed by atoms with E-state index < -0.39 is 7.60 Å². The van der Waals surface area contributed by atoms with Crippen LogP contribution < -0.4 is 0 Å². The third-order valence-electron chi connectivity index (χ3n) is 1.89. The summed E-state index contributed by atoms with van der Waals surface area (Å²) in [6.45, 7) is 0.703. The van der Waals surface area contributed by atoms with Gasteiger partial charge < -0.3 is 9.05 Å². The molecule has 4 heteroatoms. The van der Waals surface area contributed by atoms with E-state index in [1.165, 1.54) is 5.82 Å². The maximum atomic E-state index is 11.7. The van der Waals surface area contributed by atoms with Gasteiger partial charge in [-0.3, -0.25) is 4.57 Å². The van der Waals surface area contributed by atoms with E-state index in [9.17, 15) is 4.57 Å². The molecule has 14 heavy (non-hydrogen) atoms. The molecule has 2 rings (SSSR count). The Morgan fingerprint density at radius 1 is 1.36 bits per heavy atom. The molecule has 0 amide bonds. The van der Waals surface area contributed by atoms with Crippen LogP contribution in [0.15, 0.2) is 42.2 Å². The monoisotopic (exact) mass is 210 g/mol. The lowest BCUT2D eigenvalue weighted by atomic mass is 10.2. The zero-order valence-corrected chi connectivity index (χ0v) is 8.52. The van der Waals surface area contributed by atoms with Gasteiger partial charge in [0.05, 0.1) is 13.2 Å². The van der Waals surface area contributed by atoms with E-state index in [0.717, 1.165) is 5.56 Å². The Kier molecular flexibility index (Phi) is 2.82. The molecule has 0 spiro atoms. The van der Waals surface area contributed by atoms with Crippen molar-refractivity contribution in [2.75, 3.05) is 6.61 Å². The molecule has 0 radical (unpaired) electrons. The molecule has 1 aromatic rings. The minimum atomic E-state index is -2.92. The van der Waals surface area contributed by atoms with Crippen LogP contribution in [-0.4, -0.2) is 6.61 Å². The van der Waals surface area contributed by atoms with Crippen LogP contribution in [0.1, 0.15) is 5.56 Å².